The summed E-state index contributed by atoms with van der Waals surface area (Å²) >= 11 is 0. The van der Waals surface area contributed by atoms with Gasteiger partial charge in [-0.3, -0.25) is 9.59 Å². The van der Waals surface area contributed by atoms with Crippen LogP contribution in [0.15, 0.2) is 82.6 Å². The van der Waals surface area contributed by atoms with Crippen molar-refractivity contribution < 1.29 is 18.0 Å². The van der Waals surface area contributed by atoms with Crippen LogP contribution >= 0.6 is 0 Å². The summed E-state index contributed by atoms with van der Waals surface area (Å²) in [5.74, 6) is -0.837. The monoisotopic (exact) mass is 502 g/mol. The lowest BCUT2D eigenvalue weighted by atomic mass is 9.86. The van der Waals surface area contributed by atoms with Crippen LogP contribution in [0.4, 0.5) is 0 Å². The predicted octanol–water partition coefficient (Wildman–Crippen LogP) is 4.72. The molecular formula is C29H30N2O4S. The summed E-state index contributed by atoms with van der Waals surface area (Å²) in [5.41, 5.74) is 4.56. The highest BCUT2D eigenvalue weighted by Crippen LogP contribution is 2.32. The average molecular weight is 503 g/mol. The van der Waals surface area contributed by atoms with Crippen LogP contribution in [0.2, 0.25) is 0 Å². The van der Waals surface area contributed by atoms with Gasteiger partial charge in [-0.15, -0.1) is 0 Å². The molecule has 0 bridgehead atoms. The lowest BCUT2D eigenvalue weighted by Gasteiger charge is -2.19. The van der Waals surface area contributed by atoms with Crippen molar-refractivity contribution in [3.63, 3.8) is 0 Å². The molecule has 36 heavy (non-hydrogen) atoms. The van der Waals surface area contributed by atoms with Crippen LogP contribution < -0.4 is 10.6 Å². The Morgan fingerprint density at radius 3 is 1.89 bits per heavy atom. The van der Waals surface area contributed by atoms with Crippen LogP contribution in [0.1, 0.15) is 48.7 Å². The van der Waals surface area contributed by atoms with E-state index in [9.17, 15) is 18.0 Å². The van der Waals surface area contributed by atoms with E-state index in [1.807, 2.05) is 12.1 Å². The Morgan fingerprint density at radius 1 is 0.750 bits per heavy atom. The zero-order valence-electron chi connectivity index (χ0n) is 20.7. The first kappa shape index (κ1) is 25.4. The number of nitrogens with one attached hydrogen (secondary N) is 2. The molecule has 3 aromatic carbocycles. The lowest BCUT2D eigenvalue weighted by molar-refractivity contribution is -0.116. The van der Waals surface area contributed by atoms with E-state index in [1.54, 1.807) is 30.3 Å². The second kappa shape index (κ2) is 10.1. The molecule has 186 valence electrons. The summed E-state index contributed by atoms with van der Waals surface area (Å²) in [6, 6.07) is 22.4. The van der Waals surface area contributed by atoms with Gasteiger partial charge in [-0.2, -0.15) is 0 Å². The molecule has 7 heteroatoms. The number of rotatable bonds is 7. The molecule has 0 saturated carbocycles. The summed E-state index contributed by atoms with van der Waals surface area (Å²) in [6.07, 6.45) is 1.86. The standard InChI is InChI=1S/C29H30N2O4S/c1-29(2,3)24-15-13-21(14-16-24)20-9-11-22(12-10-20)27(32)30-17-6-18-31-28(33)26-19-23-7-4-5-8-25(23)36(26,34)35/h4-5,7-16,19H,6,17-18H2,1-3H3,(H,30,32)(H,31,33). The van der Waals surface area contributed by atoms with Crippen LogP contribution in [-0.2, 0) is 20.0 Å². The zero-order valence-corrected chi connectivity index (χ0v) is 21.5. The third-order valence-electron chi connectivity index (χ3n) is 6.16. The largest absolute Gasteiger partial charge is 0.352 e. The van der Waals surface area contributed by atoms with Gasteiger partial charge in [0, 0.05) is 18.7 Å². The summed E-state index contributed by atoms with van der Waals surface area (Å²) in [5, 5.41) is 5.46. The van der Waals surface area contributed by atoms with E-state index in [0.717, 1.165) is 11.1 Å². The summed E-state index contributed by atoms with van der Waals surface area (Å²) < 4.78 is 25.1. The Kier molecular flexibility index (Phi) is 7.13. The van der Waals surface area contributed by atoms with Gasteiger partial charge in [-0.25, -0.2) is 8.42 Å². The van der Waals surface area contributed by atoms with Crippen molar-refractivity contribution in [2.45, 2.75) is 37.5 Å². The van der Waals surface area contributed by atoms with Gasteiger partial charge in [-0.05, 0) is 58.4 Å². The van der Waals surface area contributed by atoms with E-state index in [1.165, 1.54) is 17.7 Å². The summed E-state index contributed by atoms with van der Waals surface area (Å²) in [4.78, 5) is 24.8. The number of hydrogen-bond acceptors (Lipinski definition) is 4. The number of amides is 2. The van der Waals surface area contributed by atoms with E-state index >= 15 is 0 Å². The fourth-order valence-electron chi connectivity index (χ4n) is 4.03. The van der Waals surface area contributed by atoms with Gasteiger partial charge >= 0.3 is 0 Å². The Hall–Kier alpha value is -3.71. The first-order valence-electron chi connectivity index (χ1n) is 11.9. The van der Waals surface area contributed by atoms with Crippen molar-refractivity contribution in [1.29, 1.82) is 0 Å². The topological polar surface area (TPSA) is 92.3 Å². The minimum Gasteiger partial charge on any atom is -0.352 e. The van der Waals surface area contributed by atoms with Crippen molar-refractivity contribution in [1.82, 2.24) is 10.6 Å². The molecule has 0 unspecified atom stereocenters. The molecule has 0 atom stereocenters. The Labute approximate surface area is 212 Å². The average Bonchev–Trinajstić information content (AvgIpc) is 3.14. The van der Waals surface area contributed by atoms with Crippen molar-refractivity contribution in [2.75, 3.05) is 13.1 Å². The zero-order chi connectivity index (χ0) is 25.9. The highest BCUT2D eigenvalue weighted by molar-refractivity contribution is 7.96. The summed E-state index contributed by atoms with van der Waals surface area (Å²) in [6.45, 7) is 7.13. The molecule has 2 N–H and O–H groups in total. The molecule has 1 aliphatic heterocycles. The highest BCUT2D eigenvalue weighted by Gasteiger charge is 2.33. The number of sulfone groups is 1. The van der Waals surface area contributed by atoms with Crippen LogP contribution in [0.5, 0.6) is 0 Å². The molecule has 0 aliphatic carbocycles. The molecule has 6 nitrogen and oxygen atoms in total. The summed E-state index contributed by atoms with van der Waals surface area (Å²) in [7, 11) is -3.79. The van der Waals surface area contributed by atoms with Gasteiger partial charge in [-0.1, -0.05) is 75.4 Å². The number of hydrogen-bond donors (Lipinski definition) is 2. The van der Waals surface area contributed by atoms with Gasteiger partial charge in [0.2, 0.25) is 9.84 Å². The van der Waals surface area contributed by atoms with Crippen LogP contribution in [0.25, 0.3) is 17.2 Å². The number of carbonyl (C=O) groups excluding carboxylic acids is 2. The van der Waals surface area contributed by atoms with Crippen molar-refractivity contribution >= 4 is 27.7 Å². The fraction of sp³-hybridized carbons (Fsp3) is 0.241. The third-order valence-corrected chi connectivity index (χ3v) is 8.00. The molecule has 2 amide bonds. The minimum atomic E-state index is -3.79. The first-order chi connectivity index (χ1) is 17.1. The molecule has 4 rings (SSSR count). The van der Waals surface area contributed by atoms with Crippen LogP contribution in [0.3, 0.4) is 0 Å². The number of carbonyl (C=O) groups is 2. The van der Waals surface area contributed by atoms with Crippen molar-refractivity contribution in [3.05, 3.63) is 94.4 Å². The molecular weight excluding hydrogens is 472 g/mol. The maximum atomic E-state index is 12.5. The fourth-order valence-corrected chi connectivity index (χ4v) is 5.56. The van der Waals surface area contributed by atoms with E-state index in [-0.39, 0.29) is 27.7 Å². The van der Waals surface area contributed by atoms with Crippen LogP contribution in [0, 0.1) is 0 Å². The molecule has 1 heterocycles. The second-order valence-electron chi connectivity index (χ2n) is 9.82. The van der Waals surface area contributed by atoms with Gasteiger partial charge in [0.15, 0.2) is 0 Å². The Bertz CT molecular complexity index is 1420. The Balaban J connectivity index is 1.24. The van der Waals surface area contributed by atoms with Crippen LogP contribution in [-0.4, -0.2) is 33.3 Å². The molecule has 3 aromatic rings. The molecule has 0 spiro atoms. The minimum absolute atomic E-state index is 0.0979. The van der Waals surface area contributed by atoms with E-state index in [4.69, 9.17) is 0 Å². The van der Waals surface area contributed by atoms with Gasteiger partial charge in [0.05, 0.1) is 4.90 Å². The molecule has 0 saturated heterocycles. The van der Waals surface area contributed by atoms with E-state index in [0.29, 0.717) is 24.1 Å². The maximum absolute atomic E-state index is 12.5. The molecule has 1 aliphatic rings. The second-order valence-corrected chi connectivity index (χ2v) is 11.7. The SMILES string of the molecule is CC(C)(C)c1ccc(-c2ccc(C(=O)NCCCNC(=O)C3=Cc4ccccc4S3(=O)=O)cc2)cc1. The van der Waals surface area contributed by atoms with Crippen molar-refractivity contribution in [3.8, 4) is 11.1 Å². The smallest absolute Gasteiger partial charge is 0.263 e. The van der Waals surface area contributed by atoms with Gasteiger partial charge in [0.25, 0.3) is 11.8 Å². The van der Waals surface area contributed by atoms with Crippen molar-refractivity contribution in [2.24, 2.45) is 0 Å². The number of fused-ring (bicyclic) bond motifs is 1. The predicted molar refractivity (Wildman–Crippen MR) is 142 cm³/mol. The van der Waals surface area contributed by atoms with Gasteiger partial charge < -0.3 is 10.6 Å². The third kappa shape index (κ3) is 5.41. The quantitative estimate of drug-likeness (QED) is 0.458. The molecule has 0 aromatic heterocycles. The highest BCUT2D eigenvalue weighted by atomic mass is 32.2. The first-order valence-corrected chi connectivity index (χ1v) is 13.4. The maximum Gasteiger partial charge on any atom is 0.263 e. The Morgan fingerprint density at radius 2 is 1.31 bits per heavy atom. The van der Waals surface area contributed by atoms with E-state index < -0.39 is 15.7 Å². The molecule has 0 radical (unpaired) electrons. The number of benzene rings is 3. The van der Waals surface area contributed by atoms with Gasteiger partial charge in [0.1, 0.15) is 4.91 Å². The normalized spacial score (nSPS) is 14.0. The van der Waals surface area contributed by atoms with E-state index in [2.05, 4.69) is 55.7 Å². The lowest BCUT2D eigenvalue weighted by Crippen LogP contribution is -2.31. The molecule has 0 fully saturated rings.